The number of carbonyl (C=O) groups excluding carboxylic acids is 1. The molecule has 0 bridgehead atoms. The van der Waals surface area contributed by atoms with E-state index >= 15 is 0 Å². The molecular weight excluding hydrogens is 352 g/mol. The van der Waals surface area contributed by atoms with Crippen LogP contribution in [0.15, 0.2) is 48.0 Å². The van der Waals surface area contributed by atoms with Crippen molar-refractivity contribution in [2.75, 3.05) is 13.2 Å². The maximum atomic E-state index is 12.1. The van der Waals surface area contributed by atoms with E-state index in [1.54, 1.807) is 17.5 Å². The Labute approximate surface area is 155 Å². The highest BCUT2D eigenvalue weighted by Crippen LogP contribution is 2.28. The lowest BCUT2D eigenvalue weighted by Gasteiger charge is -2.07. The van der Waals surface area contributed by atoms with Gasteiger partial charge in [-0.25, -0.2) is 4.98 Å². The van der Waals surface area contributed by atoms with E-state index in [4.69, 9.17) is 4.74 Å². The number of carbonyl (C=O) groups is 1. The highest BCUT2D eigenvalue weighted by Gasteiger charge is 2.11. The Morgan fingerprint density at radius 3 is 2.80 bits per heavy atom. The van der Waals surface area contributed by atoms with Crippen molar-refractivity contribution in [3.8, 4) is 15.6 Å². The van der Waals surface area contributed by atoms with Gasteiger partial charge in [-0.05, 0) is 43.3 Å². The highest BCUT2D eigenvalue weighted by molar-refractivity contribution is 7.21. The van der Waals surface area contributed by atoms with E-state index in [1.165, 1.54) is 16.9 Å². The molecule has 2 heterocycles. The summed E-state index contributed by atoms with van der Waals surface area (Å²) in [5.41, 5.74) is 1.22. The van der Waals surface area contributed by atoms with Crippen molar-refractivity contribution >= 4 is 28.6 Å². The molecule has 1 N–H and O–H groups in total. The minimum Gasteiger partial charge on any atom is -0.494 e. The third-order valence-electron chi connectivity index (χ3n) is 3.61. The Balaban J connectivity index is 1.35. The molecule has 3 rings (SSSR count). The van der Waals surface area contributed by atoms with Gasteiger partial charge in [0.25, 0.3) is 5.91 Å². The lowest BCUT2D eigenvalue weighted by atomic mass is 10.2. The fourth-order valence-corrected chi connectivity index (χ4v) is 3.87. The van der Waals surface area contributed by atoms with Gasteiger partial charge >= 0.3 is 0 Å². The number of ether oxygens (including phenoxy) is 1. The summed E-state index contributed by atoms with van der Waals surface area (Å²) in [7, 11) is 0. The van der Waals surface area contributed by atoms with Crippen LogP contribution in [0, 0.1) is 6.92 Å². The molecule has 3 aromatic rings. The number of amides is 1. The second-order valence-corrected chi connectivity index (χ2v) is 7.61. The predicted octanol–water partition coefficient (Wildman–Crippen LogP) is 4.77. The largest absolute Gasteiger partial charge is 0.494 e. The first kappa shape index (κ1) is 17.6. The van der Waals surface area contributed by atoms with Crippen LogP contribution in [0.25, 0.3) is 9.88 Å². The molecule has 4 nitrogen and oxygen atoms in total. The zero-order valence-corrected chi connectivity index (χ0v) is 15.7. The number of nitrogens with one attached hydrogen (secondary N) is 1. The topological polar surface area (TPSA) is 51.2 Å². The number of nitrogens with zero attached hydrogens (tertiary/aromatic N) is 1. The maximum absolute atomic E-state index is 12.1. The van der Waals surface area contributed by atoms with Crippen molar-refractivity contribution in [1.29, 1.82) is 0 Å². The van der Waals surface area contributed by atoms with Crippen molar-refractivity contribution in [2.45, 2.75) is 19.8 Å². The zero-order chi connectivity index (χ0) is 17.5. The lowest BCUT2D eigenvalue weighted by Crippen LogP contribution is -2.23. The molecule has 25 heavy (non-hydrogen) atoms. The van der Waals surface area contributed by atoms with Crippen LogP contribution in [0.2, 0.25) is 0 Å². The number of hydrogen-bond acceptors (Lipinski definition) is 5. The summed E-state index contributed by atoms with van der Waals surface area (Å²) in [6.45, 7) is 3.35. The van der Waals surface area contributed by atoms with Crippen molar-refractivity contribution in [2.24, 2.45) is 0 Å². The van der Waals surface area contributed by atoms with E-state index in [9.17, 15) is 4.79 Å². The number of benzene rings is 1. The van der Waals surface area contributed by atoms with Crippen LogP contribution < -0.4 is 10.1 Å². The Hall–Kier alpha value is -2.18. The van der Waals surface area contributed by atoms with Gasteiger partial charge in [0, 0.05) is 6.54 Å². The number of thiophene rings is 1. The van der Waals surface area contributed by atoms with E-state index in [-0.39, 0.29) is 5.91 Å². The van der Waals surface area contributed by atoms with Crippen molar-refractivity contribution in [3.05, 3.63) is 58.4 Å². The molecule has 130 valence electrons. The monoisotopic (exact) mass is 372 g/mol. The third kappa shape index (κ3) is 5.14. The molecule has 1 amide bonds. The SMILES string of the molecule is Cc1ccc(OCCCCNC(=O)c2cnc(-c3cccs3)s2)cc1. The van der Waals surface area contributed by atoms with Gasteiger partial charge in [0.1, 0.15) is 15.6 Å². The van der Waals surface area contributed by atoms with Crippen molar-refractivity contribution in [3.63, 3.8) is 0 Å². The normalized spacial score (nSPS) is 10.6. The fraction of sp³-hybridized carbons (Fsp3) is 0.263. The molecule has 0 aliphatic carbocycles. The van der Waals surface area contributed by atoms with Crippen LogP contribution in [0.4, 0.5) is 0 Å². The van der Waals surface area contributed by atoms with Crippen LogP contribution in [0.3, 0.4) is 0 Å². The smallest absolute Gasteiger partial charge is 0.263 e. The average Bonchev–Trinajstić information content (AvgIpc) is 3.30. The van der Waals surface area contributed by atoms with Gasteiger partial charge in [0.15, 0.2) is 0 Å². The predicted molar refractivity (Wildman–Crippen MR) is 104 cm³/mol. The van der Waals surface area contributed by atoms with E-state index in [1.807, 2.05) is 41.8 Å². The van der Waals surface area contributed by atoms with Gasteiger partial charge in [-0.3, -0.25) is 4.79 Å². The molecule has 0 atom stereocenters. The molecule has 6 heteroatoms. The van der Waals surface area contributed by atoms with Crippen LogP contribution in [0.1, 0.15) is 28.1 Å². The molecule has 0 saturated heterocycles. The first-order chi connectivity index (χ1) is 12.2. The van der Waals surface area contributed by atoms with E-state index in [0.29, 0.717) is 18.0 Å². The second-order valence-electron chi connectivity index (χ2n) is 5.63. The molecular formula is C19H20N2O2S2. The molecule has 0 fully saturated rings. The average molecular weight is 373 g/mol. The van der Waals surface area contributed by atoms with Crippen molar-refractivity contribution in [1.82, 2.24) is 10.3 Å². The number of rotatable bonds is 8. The van der Waals surface area contributed by atoms with Crippen LogP contribution >= 0.6 is 22.7 Å². The van der Waals surface area contributed by atoms with Crippen LogP contribution in [-0.2, 0) is 0 Å². The van der Waals surface area contributed by atoms with Gasteiger partial charge < -0.3 is 10.1 Å². The Bertz CT molecular complexity index is 795. The minimum atomic E-state index is -0.0558. The number of unbranched alkanes of at least 4 members (excludes halogenated alkanes) is 1. The molecule has 0 unspecified atom stereocenters. The summed E-state index contributed by atoms with van der Waals surface area (Å²) in [6, 6.07) is 12.0. The van der Waals surface area contributed by atoms with Gasteiger partial charge in [-0.1, -0.05) is 23.8 Å². The first-order valence-corrected chi connectivity index (χ1v) is 9.89. The maximum Gasteiger partial charge on any atom is 0.263 e. The summed E-state index contributed by atoms with van der Waals surface area (Å²) in [6.07, 6.45) is 3.43. The van der Waals surface area contributed by atoms with Gasteiger partial charge in [-0.15, -0.1) is 22.7 Å². The van der Waals surface area contributed by atoms with Crippen LogP contribution in [0.5, 0.6) is 5.75 Å². The number of aromatic nitrogens is 1. The standard InChI is InChI=1S/C19H20N2O2S2/c1-14-6-8-15(9-7-14)23-11-3-2-10-20-18(22)17-13-21-19(25-17)16-5-4-12-24-16/h4-9,12-13H,2-3,10-11H2,1H3,(H,20,22). The zero-order valence-electron chi connectivity index (χ0n) is 14.0. The summed E-state index contributed by atoms with van der Waals surface area (Å²) in [4.78, 5) is 18.2. The Kier molecular flexibility index (Phi) is 6.19. The van der Waals surface area contributed by atoms with E-state index in [0.717, 1.165) is 28.5 Å². The van der Waals surface area contributed by atoms with E-state index < -0.39 is 0 Å². The Morgan fingerprint density at radius 2 is 2.04 bits per heavy atom. The second kappa shape index (κ2) is 8.78. The summed E-state index contributed by atoms with van der Waals surface area (Å²) in [5, 5.41) is 5.85. The summed E-state index contributed by atoms with van der Waals surface area (Å²) < 4.78 is 5.68. The van der Waals surface area contributed by atoms with Gasteiger partial charge in [-0.2, -0.15) is 0 Å². The first-order valence-electron chi connectivity index (χ1n) is 8.20. The highest BCUT2D eigenvalue weighted by atomic mass is 32.1. The molecule has 0 radical (unpaired) electrons. The number of aryl methyl sites for hydroxylation is 1. The molecule has 1 aromatic carbocycles. The molecule has 2 aromatic heterocycles. The van der Waals surface area contributed by atoms with Crippen LogP contribution in [-0.4, -0.2) is 24.0 Å². The molecule has 0 spiro atoms. The molecule has 0 aliphatic rings. The third-order valence-corrected chi connectivity index (χ3v) is 5.64. The molecule has 0 aliphatic heterocycles. The van der Waals surface area contributed by atoms with Gasteiger partial charge in [0.2, 0.25) is 0 Å². The number of hydrogen-bond donors (Lipinski definition) is 1. The Morgan fingerprint density at radius 1 is 1.20 bits per heavy atom. The molecule has 0 saturated carbocycles. The van der Waals surface area contributed by atoms with E-state index in [2.05, 4.69) is 17.2 Å². The summed E-state index contributed by atoms with van der Waals surface area (Å²) in [5.74, 6) is 0.833. The number of thiazole rings is 1. The lowest BCUT2D eigenvalue weighted by molar-refractivity contribution is 0.0956. The quantitative estimate of drug-likeness (QED) is 0.580. The minimum absolute atomic E-state index is 0.0558. The van der Waals surface area contributed by atoms with Gasteiger partial charge in [0.05, 0.1) is 17.7 Å². The summed E-state index contributed by atoms with van der Waals surface area (Å²) >= 11 is 3.06. The fourth-order valence-electron chi connectivity index (χ4n) is 2.23. The van der Waals surface area contributed by atoms with Crippen molar-refractivity contribution < 1.29 is 9.53 Å².